The lowest BCUT2D eigenvalue weighted by Crippen LogP contribution is -2.39. The van der Waals surface area contributed by atoms with Gasteiger partial charge in [0, 0.05) is 23.0 Å². The molecule has 3 nitrogen and oxygen atoms in total. The number of thiophene rings is 1. The summed E-state index contributed by atoms with van der Waals surface area (Å²) in [4.78, 5) is 6.73. The van der Waals surface area contributed by atoms with Gasteiger partial charge < -0.3 is 10.6 Å². The molecule has 2 rings (SSSR count). The van der Waals surface area contributed by atoms with E-state index in [0.29, 0.717) is 0 Å². The van der Waals surface area contributed by atoms with Crippen LogP contribution in [0.4, 0.5) is 0 Å². The van der Waals surface area contributed by atoms with Crippen molar-refractivity contribution in [2.24, 2.45) is 4.99 Å². The molecule has 2 N–H and O–H groups in total. The first kappa shape index (κ1) is 11.5. The van der Waals surface area contributed by atoms with E-state index in [-0.39, 0.29) is 6.04 Å². The molecule has 0 saturated carbocycles. The molecule has 1 unspecified atom stereocenters. The Balaban J connectivity index is 2.33. The molecule has 1 atom stereocenters. The molecule has 2 heterocycles. The van der Waals surface area contributed by atoms with Gasteiger partial charge in [0.1, 0.15) is 0 Å². The first-order valence-electron chi connectivity index (χ1n) is 5.06. The van der Waals surface area contributed by atoms with Gasteiger partial charge in [0.2, 0.25) is 0 Å². The average molecular weight is 256 g/mol. The average Bonchev–Trinajstić information content (AvgIpc) is 2.58. The molecule has 1 aliphatic rings. The highest BCUT2D eigenvalue weighted by Gasteiger charge is 2.22. The fourth-order valence-electron chi connectivity index (χ4n) is 1.74. The molecular formula is C11H14ClN3S. The first-order chi connectivity index (χ1) is 7.61. The quantitative estimate of drug-likeness (QED) is 0.810. The Labute approximate surface area is 104 Å². The molecule has 0 fully saturated rings. The van der Waals surface area contributed by atoms with Crippen LogP contribution in [-0.2, 0) is 0 Å². The summed E-state index contributed by atoms with van der Waals surface area (Å²) in [6.45, 7) is 4.22. The molecule has 1 aliphatic heterocycles. The van der Waals surface area contributed by atoms with E-state index in [4.69, 9.17) is 11.6 Å². The van der Waals surface area contributed by atoms with Gasteiger partial charge in [0.15, 0.2) is 5.96 Å². The Morgan fingerprint density at radius 2 is 2.25 bits per heavy atom. The van der Waals surface area contributed by atoms with Crippen molar-refractivity contribution < 1.29 is 0 Å². The number of guanidine groups is 1. The number of hydrogen-bond acceptors (Lipinski definition) is 4. The number of aryl methyl sites for hydroxylation is 2. The Morgan fingerprint density at radius 1 is 1.50 bits per heavy atom. The van der Waals surface area contributed by atoms with Crippen LogP contribution in [0, 0.1) is 13.8 Å². The van der Waals surface area contributed by atoms with Gasteiger partial charge in [0.05, 0.1) is 11.1 Å². The van der Waals surface area contributed by atoms with Crippen LogP contribution in [0.1, 0.15) is 21.4 Å². The highest BCUT2D eigenvalue weighted by molar-refractivity contribution is 7.12. The van der Waals surface area contributed by atoms with Crippen molar-refractivity contribution in [3.05, 3.63) is 32.6 Å². The Hall–Kier alpha value is -1.00. The van der Waals surface area contributed by atoms with E-state index in [9.17, 15) is 0 Å². The highest BCUT2D eigenvalue weighted by Crippen LogP contribution is 2.33. The molecule has 0 aromatic carbocycles. The van der Waals surface area contributed by atoms with Gasteiger partial charge in [-0.15, -0.1) is 11.3 Å². The van der Waals surface area contributed by atoms with Crippen molar-refractivity contribution >= 4 is 28.9 Å². The van der Waals surface area contributed by atoms with Crippen LogP contribution < -0.4 is 10.6 Å². The molecule has 0 radical (unpaired) electrons. The van der Waals surface area contributed by atoms with Crippen molar-refractivity contribution in [1.82, 2.24) is 10.6 Å². The summed E-state index contributed by atoms with van der Waals surface area (Å²) in [5.41, 5.74) is 1.23. The standard InChI is InChI=1S/C11H14ClN3S/c1-6-4-8(7(2)16-6)10-9(12)5-14-11(13-3)15-10/h4-5,10H,1-3H3,(H2,13,14,15). The molecule has 0 saturated heterocycles. The van der Waals surface area contributed by atoms with Crippen LogP contribution in [0.15, 0.2) is 22.3 Å². The Kier molecular flexibility index (Phi) is 3.21. The maximum Gasteiger partial charge on any atom is 0.196 e. The monoisotopic (exact) mass is 255 g/mol. The molecular weight excluding hydrogens is 242 g/mol. The van der Waals surface area contributed by atoms with Crippen molar-refractivity contribution in [2.45, 2.75) is 19.9 Å². The van der Waals surface area contributed by atoms with E-state index < -0.39 is 0 Å². The van der Waals surface area contributed by atoms with Crippen LogP contribution in [0.2, 0.25) is 0 Å². The normalized spacial score (nSPS) is 19.9. The molecule has 16 heavy (non-hydrogen) atoms. The summed E-state index contributed by atoms with van der Waals surface area (Å²) < 4.78 is 0. The van der Waals surface area contributed by atoms with E-state index in [1.165, 1.54) is 15.3 Å². The fourth-order valence-corrected chi connectivity index (χ4v) is 2.93. The zero-order valence-corrected chi connectivity index (χ0v) is 11.0. The number of hydrogen-bond donors (Lipinski definition) is 2. The first-order valence-corrected chi connectivity index (χ1v) is 6.26. The predicted octanol–water partition coefficient (Wildman–Crippen LogP) is 2.66. The van der Waals surface area contributed by atoms with E-state index in [0.717, 1.165) is 11.0 Å². The molecule has 86 valence electrons. The second kappa shape index (κ2) is 4.47. The third-order valence-corrected chi connectivity index (χ3v) is 3.80. The van der Waals surface area contributed by atoms with Gasteiger partial charge in [0.25, 0.3) is 0 Å². The summed E-state index contributed by atoms with van der Waals surface area (Å²) in [5.74, 6) is 0.748. The lowest BCUT2D eigenvalue weighted by Gasteiger charge is -2.23. The zero-order valence-electron chi connectivity index (χ0n) is 9.47. The van der Waals surface area contributed by atoms with Crippen molar-refractivity contribution in [3.8, 4) is 0 Å². The van der Waals surface area contributed by atoms with Gasteiger partial charge in [-0.25, -0.2) is 4.99 Å². The maximum atomic E-state index is 6.19. The molecule has 5 heteroatoms. The molecule has 1 aromatic rings. The van der Waals surface area contributed by atoms with Crippen LogP contribution in [0.25, 0.3) is 0 Å². The Morgan fingerprint density at radius 3 is 2.81 bits per heavy atom. The van der Waals surface area contributed by atoms with Crippen molar-refractivity contribution in [2.75, 3.05) is 7.05 Å². The molecule has 0 spiro atoms. The number of nitrogens with one attached hydrogen (secondary N) is 2. The number of aliphatic imine (C=N–C) groups is 1. The van der Waals surface area contributed by atoms with E-state index in [2.05, 4.69) is 35.5 Å². The third kappa shape index (κ3) is 2.08. The summed E-state index contributed by atoms with van der Waals surface area (Å²) in [7, 11) is 1.84. The second-order valence-electron chi connectivity index (χ2n) is 3.69. The van der Waals surface area contributed by atoms with Crippen LogP contribution in [0.3, 0.4) is 0 Å². The molecule has 0 aliphatic carbocycles. The van der Waals surface area contributed by atoms with E-state index >= 15 is 0 Å². The maximum absolute atomic E-state index is 6.19. The van der Waals surface area contributed by atoms with Gasteiger partial charge in [-0.2, -0.15) is 0 Å². The van der Waals surface area contributed by atoms with Crippen LogP contribution in [-0.4, -0.2) is 13.0 Å². The van der Waals surface area contributed by atoms with Crippen molar-refractivity contribution in [1.29, 1.82) is 0 Å². The smallest absolute Gasteiger partial charge is 0.196 e. The molecule has 0 amide bonds. The largest absolute Gasteiger partial charge is 0.359 e. The minimum atomic E-state index is 0.0200. The van der Waals surface area contributed by atoms with Gasteiger partial charge in [-0.3, -0.25) is 0 Å². The van der Waals surface area contributed by atoms with E-state index in [1.807, 2.05) is 7.05 Å². The summed E-state index contributed by atoms with van der Waals surface area (Å²) in [6.07, 6.45) is 1.70. The van der Waals surface area contributed by atoms with Gasteiger partial charge >= 0.3 is 0 Å². The van der Waals surface area contributed by atoms with Gasteiger partial charge in [-0.1, -0.05) is 11.6 Å². The minimum Gasteiger partial charge on any atom is -0.359 e. The number of nitrogens with zero attached hydrogens (tertiary/aromatic N) is 1. The Bertz CT molecular complexity index is 462. The fraction of sp³-hybridized carbons (Fsp3) is 0.364. The summed E-state index contributed by atoms with van der Waals surface area (Å²) in [5, 5.41) is 6.98. The summed E-state index contributed by atoms with van der Waals surface area (Å²) in [6, 6.07) is 2.19. The molecule has 1 aromatic heterocycles. The lowest BCUT2D eigenvalue weighted by atomic mass is 10.1. The van der Waals surface area contributed by atoms with Crippen LogP contribution >= 0.6 is 22.9 Å². The number of halogens is 1. The highest BCUT2D eigenvalue weighted by atomic mass is 35.5. The number of rotatable bonds is 1. The van der Waals surface area contributed by atoms with Crippen LogP contribution in [0.5, 0.6) is 0 Å². The lowest BCUT2D eigenvalue weighted by molar-refractivity contribution is 0.737. The SMILES string of the molecule is CNC1=NC=C(Cl)C(c2cc(C)sc2C)N1. The third-order valence-electron chi connectivity index (χ3n) is 2.50. The van der Waals surface area contributed by atoms with E-state index in [1.54, 1.807) is 17.5 Å². The topological polar surface area (TPSA) is 36.4 Å². The predicted molar refractivity (Wildman–Crippen MR) is 70.1 cm³/mol. The minimum absolute atomic E-state index is 0.0200. The second-order valence-corrected chi connectivity index (χ2v) is 5.58. The zero-order chi connectivity index (χ0) is 11.7. The van der Waals surface area contributed by atoms with Crippen molar-refractivity contribution in [3.63, 3.8) is 0 Å². The van der Waals surface area contributed by atoms with Gasteiger partial charge in [-0.05, 0) is 25.5 Å². The summed E-state index contributed by atoms with van der Waals surface area (Å²) >= 11 is 7.98. The molecule has 0 bridgehead atoms.